The molecule has 0 aliphatic rings. The zero-order valence-electron chi connectivity index (χ0n) is 16.0. The minimum Gasteiger partial charge on any atom is -1.00 e. The molecule has 0 rings (SSSR count). The predicted molar refractivity (Wildman–Crippen MR) is 82.9 cm³/mol. The Kier molecular flexibility index (Phi) is 118. The third-order valence-electron chi connectivity index (χ3n) is 0.167. The van der Waals surface area contributed by atoms with Crippen LogP contribution in [0.25, 0.3) is 0 Å². The summed E-state index contributed by atoms with van der Waals surface area (Å²) in [4.78, 5) is 36.0. The van der Waals surface area contributed by atoms with Crippen LogP contribution in [0.4, 0.5) is 0 Å². The molecule has 1 atom stereocenters. The maximum atomic E-state index is 9.00. The van der Waals surface area contributed by atoms with E-state index in [2.05, 4.69) is 0 Å². The molecule has 156 valence electrons. The predicted octanol–water partition coefficient (Wildman–Crippen LogP) is -10.4. The number of hydrogen-bond donors (Lipinski definition) is 7. The van der Waals surface area contributed by atoms with E-state index >= 15 is 0 Å². The van der Waals surface area contributed by atoms with Gasteiger partial charge in [-0.2, -0.15) is 0 Å². The first-order chi connectivity index (χ1) is 10.6. The van der Waals surface area contributed by atoms with Gasteiger partial charge >= 0.3 is 80.9 Å². The maximum Gasteiger partial charge on any atom is 1.00 e. The fourth-order valence-electron chi connectivity index (χ4n) is 0. The molecule has 0 aliphatic carbocycles. The molecule has 1 unspecified atom stereocenters. The van der Waals surface area contributed by atoms with Crippen molar-refractivity contribution in [1.29, 1.82) is 0 Å². The zero-order chi connectivity index (χ0) is 21.3. The molecule has 0 aromatic carbocycles. The van der Waals surface area contributed by atoms with E-state index in [4.69, 9.17) is 64.4 Å². The molecular weight excluding hydrogens is 454 g/mol. The largest absolute Gasteiger partial charge is 1.00 e. The third kappa shape index (κ3) is 5110. The molecule has 9 N–H and O–H groups in total. The number of carboxylic acids is 4. The molecule has 17 heteroatoms. The SMILES string of the molecule is CC(=O)O.CC(=O)O.CC(=O)O.CC(=O)O.NCCN.O=S([O-])O.[Cl-].[K+].[Na+]. The fourth-order valence-corrected chi connectivity index (χ4v) is 0. The summed E-state index contributed by atoms with van der Waals surface area (Å²) in [5, 5.41) is 29.7. The normalized spacial score (nSPS) is 7.11. The summed E-state index contributed by atoms with van der Waals surface area (Å²) < 4.78 is 24.1. The average molecular weight is 479 g/mol. The van der Waals surface area contributed by atoms with Gasteiger partial charge in [0.15, 0.2) is 0 Å². The number of halogens is 1. The Morgan fingerprint density at radius 3 is 0.815 bits per heavy atom. The van der Waals surface area contributed by atoms with E-state index in [9.17, 15) is 0 Å². The smallest absolute Gasteiger partial charge is 1.00 e. The van der Waals surface area contributed by atoms with E-state index in [-0.39, 0.29) is 93.3 Å². The number of carboxylic acid groups (broad SMARTS) is 4. The summed E-state index contributed by atoms with van der Waals surface area (Å²) >= 11 is -2.86. The van der Waals surface area contributed by atoms with Crippen LogP contribution in [0.3, 0.4) is 0 Å². The van der Waals surface area contributed by atoms with Crippen molar-refractivity contribution in [3.8, 4) is 0 Å². The van der Waals surface area contributed by atoms with Gasteiger partial charge < -0.3 is 53.4 Å². The number of carbonyl (C=O) groups is 4. The van der Waals surface area contributed by atoms with Crippen molar-refractivity contribution in [2.24, 2.45) is 11.5 Å². The Bertz CT molecular complexity index is 263. The Hall–Kier alpha value is 0.796. The van der Waals surface area contributed by atoms with Gasteiger partial charge in [0.1, 0.15) is 0 Å². The van der Waals surface area contributed by atoms with Gasteiger partial charge in [0.2, 0.25) is 0 Å². The first-order valence-corrected chi connectivity index (χ1v) is 6.58. The van der Waals surface area contributed by atoms with Crippen molar-refractivity contribution >= 4 is 35.2 Å². The summed E-state index contributed by atoms with van der Waals surface area (Å²) in [6, 6.07) is 0. The standard InChI is InChI=1S/C2H8N2.4C2H4O2.ClH.K.Na.H2O3S/c3-1-2-4;4*1-2(3)4;;;;1-4(2)3/h1-4H2;4*1H3,(H,3,4);1H;;;(H2,1,2,3)/q;;;;;;2*+1;/p-2. The van der Waals surface area contributed by atoms with Crippen LogP contribution < -0.4 is 105 Å². The Morgan fingerprint density at radius 1 is 0.778 bits per heavy atom. The maximum absolute atomic E-state index is 9.00. The molecule has 0 aliphatic heterocycles. The van der Waals surface area contributed by atoms with E-state index in [0.717, 1.165) is 27.7 Å². The van der Waals surface area contributed by atoms with Crippen molar-refractivity contribution in [2.45, 2.75) is 27.7 Å². The Balaban J connectivity index is -0.0000000201. The summed E-state index contributed by atoms with van der Waals surface area (Å²) in [7, 11) is 0. The molecule has 13 nitrogen and oxygen atoms in total. The van der Waals surface area contributed by atoms with Gasteiger partial charge in [0.05, 0.1) is 11.4 Å². The van der Waals surface area contributed by atoms with Crippen molar-refractivity contribution < 1.29 is 146 Å². The molecule has 0 heterocycles. The number of rotatable bonds is 1. The summed E-state index contributed by atoms with van der Waals surface area (Å²) in [5.41, 5.74) is 9.81. The van der Waals surface area contributed by atoms with Gasteiger partial charge in [-0.1, -0.05) is 0 Å². The van der Waals surface area contributed by atoms with Gasteiger partial charge in [-0.25, -0.2) is 4.21 Å². The van der Waals surface area contributed by atoms with Crippen molar-refractivity contribution in [3.05, 3.63) is 0 Å². The quantitative estimate of drug-likeness (QED) is 0.136. The van der Waals surface area contributed by atoms with Crippen LogP contribution in [0.1, 0.15) is 27.7 Å². The van der Waals surface area contributed by atoms with Gasteiger partial charge in [-0.3, -0.25) is 19.2 Å². The first kappa shape index (κ1) is 56.5. The molecule has 0 bridgehead atoms. The van der Waals surface area contributed by atoms with E-state index < -0.39 is 35.2 Å². The van der Waals surface area contributed by atoms with Crippen LogP contribution >= 0.6 is 0 Å². The average Bonchev–Trinajstić information content (AvgIpc) is 2.24. The second kappa shape index (κ2) is 56.3. The minimum atomic E-state index is -2.86. The van der Waals surface area contributed by atoms with E-state index in [1.165, 1.54) is 0 Å². The third-order valence-corrected chi connectivity index (χ3v) is 0.167. The fraction of sp³-hybridized carbons (Fsp3) is 0.600. The minimum absolute atomic E-state index is 0. The second-order valence-electron chi connectivity index (χ2n) is 2.87. The Morgan fingerprint density at radius 2 is 0.815 bits per heavy atom. The topological polar surface area (TPSA) is 262 Å². The molecule has 0 fully saturated rings. The van der Waals surface area contributed by atoms with E-state index in [1.54, 1.807) is 0 Å². The molecule has 0 saturated heterocycles. The van der Waals surface area contributed by atoms with Crippen LogP contribution in [0.15, 0.2) is 0 Å². The van der Waals surface area contributed by atoms with Crippen molar-refractivity contribution in [2.75, 3.05) is 13.1 Å². The van der Waals surface area contributed by atoms with Crippen LogP contribution in [0.2, 0.25) is 0 Å². The molecule has 0 aromatic heterocycles. The monoisotopic (exact) mass is 478 g/mol. The summed E-state index contributed by atoms with van der Waals surface area (Å²) in [6.07, 6.45) is 0. The second-order valence-corrected chi connectivity index (χ2v) is 3.30. The van der Waals surface area contributed by atoms with Gasteiger partial charge in [-0.15, -0.1) is 0 Å². The first-order valence-electron chi connectivity index (χ1n) is 5.54. The molecule has 0 amide bonds. The zero-order valence-corrected chi connectivity index (χ0v) is 22.7. The van der Waals surface area contributed by atoms with Crippen LogP contribution in [0, 0.1) is 0 Å². The van der Waals surface area contributed by atoms with Crippen molar-refractivity contribution in [1.82, 2.24) is 0 Å². The van der Waals surface area contributed by atoms with Gasteiger partial charge in [0.25, 0.3) is 23.9 Å². The summed E-state index contributed by atoms with van der Waals surface area (Å²) in [6.45, 7) is 5.53. The number of hydrogen-bond acceptors (Lipinski definition) is 8. The van der Waals surface area contributed by atoms with Crippen LogP contribution in [-0.4, -0.2) is 70.7 Å². The van der Waals surface area contributed by atoms with E-state index in [0.29, 0.717) is 13.1 Å². The van der Waals surface area contributed by atoms with Gasteiger partial charge in [0, 0.05) is 40.8 Å². The number of aliphatic carboxylic acids is 4. The van der Waals surface area contributed by atoms with Crippen LogP contribution in [-0.2, 0) is 30.5 Å². The van der Waals surface area contributed by atoms with E-state index in [1.807, 2.05) is 0 Å². The summed E-state index contributed by atoms with van der Waals surface area (Å²) in [5.74, 6) is -3.33. The molecule has 27 heavy (non-hydrogen) atoms. The number of nitrogens with two attached hydrogens (primary N) is 2. The van der Waals surface area contributed by atoms with Crippen LogP contribution in [0.5, 0.6) is 0 Å². The molecule has 0 aromatic rings. The molecule has 0 saturated carbocycles. The Labute approximate surface area is 230 Å². The van der Waals surface area contributed by atoms with Crippen molar-refractivity contribution in [3.63, 3.8) is 0 Å². The molecule has 0 radical (unpaired) electrons. The van der Waals surface area contributed by atoms with Gasteiger partial charge in [-0.05, 0) is 0 Å². The molecular formula is C10H25ClKN2NaO11S. The molecule has 0 spiro atoms.